The maximum absolute atomic E-state index is 5.18. The predicted octanol–water partition coefficient (Wildman–Crippen LogP) is 8.07. The maximum atomic E-state index is 5.18. The Hall–Kier alpha value is -5.62. The number of fused-ring (bicyclic) bond motifs is 6. The zero-order valence-electron chi connectivity index (χ0n) is 23.2. The molecule has 0 bridgehead atoms. The van der Waals surface area contributed by atoms with Gasteiger partial charge in [0.15, 0.2) is 0 Å². The second-order valence-corrected chi connectivity index (χ2v) is 10.5. The number of nitrogens with zero attached hydrogens (tertiary/aromatic N) is 6. The second kappa shape index (κ2) is 9.49. The zero-order chi connectivity index (χ0) is 28.2. The van der Waals surface area contributed by atoms with Crippen LogP contribution in [-0.2, 0) is 14.1 Å². The molecule has 0 fully saturated rings. The van der Waals surface area contributed by atoms with Crippen molar-refractivity contribution in [3.05, 3.63) is 122 Å². The van der Waals surface area contributed by atoms with E-state index in [9.17, 15) is 0 Å². The van der Waals surface area contributed by atoms with Crippen LogP contribution < -0.4 is 0 Å². The molecule has 0 N–H and O–H groups in total. The standard InChI is InChI=1S/C36H26N6/c1-41-33(24-13-7-4-8-14-24)29(23-11-5-3-6-12-23)39-35(41)25-17-19-26(20-18-25)36-40-32-27-15-9-21-37-30(27)31-28(16-10-22-38-31)34(32)42(36)2/h3-22H,1-2H3. The molecule has 42 heavy (non-hydrogen) atoms. The van der Waals surface area contributed by atoms with Crippen LogP contribution in [0.5, 0.6) is 0 Å². The summed E-state index contributed by atoms with van der Waals surface area (Å²) in [5.74, 6) is 1.81. The quantitative estimate of drug-likeness (QED) is 0.211. The Morgan fingerprint density at radius 2 is 1.00 bits per heavy atom. The molecular formula is C36H26N6. The van der Waals surface area contributed by atoms with Gasteiger partial charge in [0.1, 0.15) is 11.6 Å². The second-order valence-electron chi connectivity index (χ2n) is 10.5. The van der Waals surface area contributed by atoms with Crippen LogP contribution >= 0.6 is 0 Å². The van der Waals surface area contributed by atoms with Gasteiger partial charge >= 0.3 is 0 Å². The molecule has 0 aliphatic carbocycles. The maximum Gasteiger partial charge on any atom is 0.140 e. The van der Waals surface area contributed by atoms with E-state index < -0.39 is 0 Å². The highest BCUT2D eigenvalue weighted by molar-refractivity contribution is 6.21. The van der Waals surface area contributed by atoms with Gasteiger partial charge in [0.05, 0.1) is 33.5 Å². The van der Waals surface area contributed by atoms with Gasteiger partial charge in [-0.15, -0.1) is 0 Å². The lowest BCUT2D eigenvalue weighted by Gasteiger charge is -2.09. The summed E-state index contributed by atoms with van der Waals surface area (Å²) < 4.78 is 4.36. The van der Waals surface area contributed by atoms with Gasteiger partial charge in [-0.05, 0) is 24.3 Å². The molecule has 0 radical (unpaired) electrons. The van der Waals surface area contributed by atoms with Crippen molar-refractivity contribution in [2.45, 2.75) is 0 Å². The average molecular weight is 543 g/mol. The van der Waals surface area contributed by atoms with Gasteiger partial charge in [-0.2, -0.15) is 0 Å². The summed E-state index contributed by atoms with van der Waals surface area (Å²) in [6, 6.07) is 37.5. The van der Waals surface area contributed by atoms with Gasteiger partial charge in [-0.25, -0.2) is 9.97 Å². The molecule has 8 rings (SSSR count). The predicted molar refractivity (Wildman–Crippen MR) is 170 cm³/mol. The summed E-state index contributed by atoms with van der Waals surface area (Å²) in [5, 5.41) is 2.05. The molecule has 4 aromatic heterocycles. The summed E-state index contributed by atoms with van der Waals surface area (Å²) >= 11 is 0. The Bertz CT molecular complexity index is 2250. The molecule has 0 saturated carbocycles. The van der Waals surface area contributed by atoms with Gasteiger partial charge in [-0.3, -0.25) is 9.97 Å². The number of imidazole rings is 2. The number of hydrogen-bond donors (Lipinski definition) is 0. The number of benzene rings is 4. The highest BCUT2D eigenvalue weighted by atomic mass is 15.1. The minimum atomic E-state index is 0.874. The van der Waals surface area contributed by atoms with Crippen LogP contribution in [-0.4, -0.2) is 29.1 Å². The van der Waals surface area contributed by atoms with Gasteiger partial charge < -0.3 is 9.13 Å². The number of rotatable bonds is 4. The molecule has 200 valence electrons. The van der Waals surface area contributed by atoms with Crippen LogP contribution in [0.15, 0.2) is 122 Å². The first-order valence-corrected chi connectivity index (χ1v) is 14.0. The first kappa shape index (κ1) is 24.2. The van der Waals surface area contributed by atoms with Crippen molar-refractivity contribution < 1.29 is 0 Å². The minimum Gasteiger partial charge on any atom is -0.327 e. The molecule has 0 aliphatic heterocycles. The van der Waals surface area contributed by atoms with E-state index in [4.69, 9.17) is 9.97 Å². The van der Waals surface area contributed by atoms with Crippen molar-refractivity contribution in [3.8, 4) is 45.3 Å². The minimum absolute atomic E-state index is 0.874. The lowest BCUT2D eigenvalue weighted by atomic mass is 10.1. The van der Waals surface area contributed by atoms with Crippen LogP contribution in [0.3, 0.4) is 0 Å². The molecule has 0 aliphatic rings. The molecule has 0 amide bonds. The summed E-state index contributed by atoms with van der Waals surface area (Å²) in [6.45, 7) is 0. The molecule has 6 heteroatoms. The summed E-state index contributed by atoms with van der Waals surface area (Å²) in [6.07, 6.45) is 3.64. The van der Waals surface area contributed by atoms with Crippen molar-refractivity contribution in [1.82, 2.24) is 29.1 Å². The summed E-state index contributed by atoms with van der Waals surface area (Å²) in [7, 11) is 4.17. The Balaban J connectivity index is 1.27. The van der Waals surface area contributed by atoms with E-state index in [0.717, 1.165) is 78.1 Å². The third kappa shape index (κ3) is 3.65. The third-order valence-corrected chi connectivity index (χ3v) is 8.04. The first-order valence-electron chi connectivity index (χ1n) is 14.0. The third-order valence-electron chi connectivity index (χ3n) is 8.04. The van der Waals surface area contributed by atoms with Crippen LogP contribution in [0.2, 0.25) is 0 Å². The number of aryl methyl sites for hydroxylation is 1. The first-order chi connectivity index (χ1) is 20.7. The Labute approximate surface area is 242 Å². The largest absolute Gasteiger partial charge is 0.327 e. The monoisotopic (exact) mass is 542 g/mol. The lowest BCUT2D eigenvalue weighted by Crippen LogP contribution is -1.96. The van der Waals surface area contributed by atoms with Crippen molar-refractivity contribution >= 4 is 32.8 Å². The normalized spacial score (nSPS) is 11.6. The molecule has 0 unspecified atom stereocenters. The van der Waals surface area contributed by atoms with Crippen LogP contribution in [0.25, 0.3) is 78.1 Å². The van der Waals surface area contributed by atoms with Gasteiger partial charge in [0, 0.05) is 59.5 Å². The fourth-order valence-electron chi connectivity index (χ4n) is 6.07. The van der Waals surface area contributed by atoms with E-state index in [0.29, 0.717) is 0 Å². The van der Waals surface area contributed by atoms with Crippen molar-refractivity contribution in [2.75, 3.05) is 0 Å². The SMILES string of the molecule is Cn1c(-c2ccc(-c3nc4c5cccnc5c5ncccc5c4n3C)cc2)nc(-c2ccccc2)c1-c1ccccc1. The molecule has 0 saturated heterocycles. The molecule has 4 heterocycles. The number of hydrogen-bond acceptors (Lipinski definition) is 4. The topological polar surface area (TPSA) is 61.4 Å². The summed E-state index contributed by atoms with van der Waals surface area (Å²) in [5.41, 5.74) is 10.1. The van der Waals surface area contributed by atoms with E-state index in [1.54, 1.807) is 0 Å². The lowest BCUT2D eigenvalue weighted by molar-refractivity contribution is 0.932. The molecule has 0 atom stereocenters. The highest BCUT2D eigenvalue weighted by Gasteiger charge is 2.21. The van der Waals surface area contributed by atoms with E-state index in [1.807, 2.05) is 36.7 Å². The van der Waals surface area contributed by atoms with E-state index in [1.165, 1.54) is 0 Å². The van der Waals surface area contributed by atoms with Crippen molar-refractivity contribution in [2.24, 2.45) is 14.1 Å². The fourth-order valence-corrected chi connectivity index (χ4v) is 6.07. The molecule has 4 aromatic carbocycles. The summed E-state index contributed by atoms with van der Waals surface area (Å²) in [4.78, 5) is 19.7. The zero-order valence-corrected chi connectivity index (χ0v) is 23.2. The average Bonchev–Trinajstić information content (AvgIpc) is 3.59. The van der Waals surface area contributed by atoms with E-state index >= 15 is 0 Å². The Morgan fingerprint density at radius 3 is 1.64 bits per heavy atom. The smallest absolute Gasteiger partial charge is 0.140 e. The Morgan fingerprint density at radius 1 is 0.452 bits per heavy atom. The van der Waals surface area contributed by atoms with Gasteiger partial charge in [0.25, 0.3) is 0 Å². The van der Waals surface area contributed by atoms with Gasteiger partial charge in [0.2, 0.25) is 0 Å². The van der Waals surface area contributed by atoms with Crippen LogP contribution in [0.1, 0.15) is 0 Å². The van der Waals surface area contributed by atoms with Crippen molar-refractivity contribution in [3.63, 3.8) is 0 Å². The van der Waals surface area contributed by atoms with E-state index in [2.05, 4.69) is 118 Å². The van der Waals surface area contributed by atoms with Crippen LogP contribution in [0, 0.1) is 0 Å². The fraction of sp³-hybridized carbons (Fsp3) is 0.0556. The highest BCUT2D eigenvalue weighted by Crippen LogP contribution is 2.37. The van der Waals surface area contributed by atoms with Crippen molar-refractivity contribution in [1.29, 1.82) is 0 Å². The molecule has 6 nitrogen and oxygen atoms in total. The molecular weight excluding hydrogens is 516 g/mol. The number of pyridine rings is 2. The van der Waals surface area contributed by atoms with Crippen LogP contribution in [0.4, 0.5) is 0 Å². The molecule has 8 aromatic rings. The van der Waals surface area contributed by atoms with E-state index in [-0.39, 0.29) is 0 Å². The Kier molecular flexibility index (Phi) is 5.47. The van der Waals surface area contributed by atoms with Gasteiger partial charge in [-0.1, -0.05) is 84.9 Å². The molecule has 0 spiro atoms. The number of aromatic nitrogens is 6.